The van der Waals surface area contributed by atoms with Crippen LogP contribution in [-0.4, -0.2) is 30.3 Å². The maximum atomic E-state index is 13.5. The number of pyridine rings is 1. The fourth-order valence-corrected chi connectivity index (χ4v) is 4.11. The van der Waals surface area contributed by atoms with Gasteiger partial charge in [0.05, 0.1) is 42.6 Å². The van der Waals surface area contributed by atoms with E-state index in [1.54, 1.807) is 27.2 Å². The first-order valence-corrected chi connectivity index (χ1v) is 10.6. The van der Waals surface area contributed by atoms with Crippen molar-refractivity contribution < 1.29 is 23.2 Å². The van der Waals surface area contributed by atoms with Crippen LogP contribution in [0.5, 0.6) is 11.5 Å². The fourth-order valence-electron chi connectivity index (χ4n) is 4.11. The van der Waals surface area contributed by atoms with Crippen molar-refractivity contribution in [2.24, 2.45) is 0 Å². The molecular formula is C25H27N3O5. The summed E-state index contributed by atoms with van der Waals surface area (Å²) < 4.78 is 21.9. The summed E-state index contributed by atoms with van der Waals surface area (Å²) in [4.78, 5) is 18.0. The predicted octanol–water partition coefficient (Wildman–Crippen LogP) is 5.22. The molecule has 1 unspecified atom stereocenters. The van der Waals surface area contributed by atoms with Gasteiger partial charge in [-0.25, -0.2) is 4.98 Å². The highest BCUT2D eigenvalue weighted by atomic mass is 16.5. The summed E-state index contributed by atoms with van der Waals surface area (Å²) in [5, 5.41) is 7.71. The molecule has 8 heteroatoms. The molecule has 1 atom stereocenters. The SMILES string of the molecule is COc1cc(C)c(C(C)NC(=O)c2cc(-c3cc(C)oc3C)nc3onc(C)c23)cc1OC. The number of carbonyl (C=O) groups is 1. The molecule has 3 aromatic heterocycles. The second-order valence-corrected chi connectivity index (χ2v) is 8.09. The number of aromatic nitrogens is 2. The van der Waals surface area contributed by atoms with Crippen molar-refractivity contribution in [3.05, 3.63) is 58.2 Å². The molecule has 0 spiro atoms. The minimum atomic E-state index is -0.290. The molecule has 1 N–H and O–H groups in total. The van der Waals surface area contributed by atoms with Crippen molar-refractivity contribution in [1.29, 1.82) is 0 Å². The van der Waals surface area contributed by atoms with Crippen molar-refractivity contribution in [3.63, 3.8) is 0 Å². The van der Waals surface area contributed by atoms with Crippen LogP contribution in [-0.2, 0) is 0 Å². The number of nitrogens with one attached hydrogen (secondary N) is 1. The first kappa shape index (κ1) is 22.4. The third kappa shape index (κ3) is 4.04. The number of furan rings is 1. The largest absolute Gasteiger partial charge is 0.493 e. The molecule has 8 nitrogen and oxygen atoms in total. The topological polar surface area (TPSA) is 99.6 Å². The monoisotopic (exact) mass is 449 g/mol. The van der Waals surface area contributed by atoms with Gasteiger partial charge in [-0.05, 0) is 70.0 Å². The molecule has 1 amide bonds. The molecular weight excluding hydrogens is 422 g/mol. The standard InChI is InChI=1S/C25H27N3O5/c1-12-8-21(30-6)22(31-7)11-17(12)14(3)26-24(29)19-10-20(18-9-13(2)32-16(18)5)27-25-23(19)15(4)28-33-25/h8-11,14H,1-7H3,(H,26,29). The van der Waals surface area contributed by atoms with Crippen LogP contribution in [0, 0.1) is 27.7 Å². The molecule has 1 aromatic carbocycles. The first-order valence-electron chi connectivity index (χ1n) is 10.6. The van der Waals surface area contributed by atoms with Gasteiger partial charge < -0.3 is 23.7 Å². The van der Waals surface area contributed by atoms with E-state index < -0.39 is 0 Å². The van der Waals surface area contributed by atoms with E-state index in [1.807, 2.05) is 45.9 Å². The number of hydrogen-bond acceptors (Lipinski definition) is 7. The van der Waals surface area contributed by atoms with Crippen molar-refractivity contribution in [2.75, 3.05) is 14.2 Å². The van der Waals surface area contributed by atoms with E-state index >= 15 is 0 Å². The molecule has 0 aliphatic heterocycles. The number of hydrogen-bond donors (Lipinski definition) is 1. The zero-order chi connectivity index (χ0) is 23.9. The zero-order valence-electron chi connectivity index (χ0n) is 19.8. The number of amides is 1. The van der Waals surface area contributed by atoms with Gasteiger partial charge in [-0.15, -0.1) is 0 Å². The quantitative estimate of drug-likeness (QED) is 0.430. The lowest BCUT2D eigenvalue weighted by molar-refractivity contribution is 0.0941. The van der Waals surface area contributed by atoms with Gasteiger partial charge in [0.2, 0.25) is 0 Å². The van der Waals surface area contributed by atoms with Gasteiger partial charge in [0, 0.05) is 5.56 Å². The van der Waals surface area contributed by atoms with Crippen molar-refractivity contribution in [1.82, 2.24) is 15.5 Å². The molecule has 0 fully saturated rings. The highest BCUT2D eigenvalue weighted by Gasteiger charge is 2.23. The highest BCUT2D eigenvalue weighted by Crippen LogP contribution is 2.34. The Morgan fingerprint density at radius 2 is 1.73 bits per heavy atom. The number of rotatable bonds is 6. The molecule has 0 aliphatic carbocycles. The van der Waals surface area contributed by atoms with Crippen molar-refractivity contribution >= 4 is 17.0 Å². The number of fused-ring (bicyclic) bond motifs is 1. The normalized spacial score (nSPS) is 12.1. The molecule has 4 aromatic rings. The van der Waals surface area contributed by atoms with E-state index in [9.17, 15) is 4.79 Å². The molecule has 4 rings (SSSR count). The van der Waals surface area contributed by atoms with Gasteiger partial charge in [-0.1, -0.05) is 5.16 Å². The summed E-state index contributed by atoms with van der Waals surface area (Å²) in [6.45, 7) is 9.42. The Balaban J connectivity index is 1.74. The van der Waals surface area contributed by atoms with Crippen LogP contribution < -0.4 is 14.8 Å². The van der Waals surface area contributed by atoms with Gasteiger partial charge in [0.1, 0.15) is 11.5 Å². The fraction of sp³-hybridized carbons (Fsp3) is 0.320. The zero-order valence-corrected chi connectivity index (χ0v) is 19.8. The van der Waals surface area contributed by atoms with Crippen molar-refractivity contribution in [2.45, 2.75) is 40.7 Å². The van der Waals surface area contributed by atoms with Crippen LogP contribution in [0.4, 0.5) is 0 Å². The Bertz CT molecular complexity index is 1350. The number of aryl methyl sites for hydroxylation is 4. The lowest BCUT2D eigenvalue weighted by Gasteiger charge is -2.19. The molecule has 33 heavy (non-hydrogen) atoms. The first-order chi connectivity index (χ1) is 15.7. The minimum Gasteiger partial charge on any atom is -0.493 e. The summed E-state index contributed by atoms with van der Waals surface area (Å²) in [7, 11) is 3.18. The molecule has 0 bridgehead atoms. The van der Waals surface area contributed by atoms with Gasteiger partial charge in [0.15, 0.2) is 11.5 Å². The molecule has 0 aliphatic rings. The van der Waals surface area contributed by atoms with E-state index in [4.69, 9.17) is 18.4 Å². The lowest BCUT2D eigenvalue weighted by Crippen LogP contribution is -2.27. The third-order valence-electron chi connectivity index (χ3n) is 5.76. The predicted molar refractivity (Wildman–Crippen MR) is 124 cm³/mol. The Morgan fingerprint density at radius 1 is 1.03 bits per heavy atom. The van der Waals surface area contributed by atoms with Crippen LogP contribution >= 0.6 is 0 Å². The van der Waals surface area contributed by atoms with E-state index in [0.29, 0.717) is 39.6 Å². The number of carbonyl (C=O) groups excluding carboxylic acids is 1. The average Bonchev–Trinajstić information content (AvgIpc) is 3.33. The van der Waals surface area contributed by atoms with Crippen molar-refractivity contribution in [3.8, 4) is 22.8 Å². The van der Waals surface area contributed by atoms with Gasteiger partial charge >= 0.3 is 0 Å². The summed E-state index contributed by atoms with van der Waals surface area (Å²) in [5.41, 5.74) is 4.65. The highest BCUT2D eigenvalue weighted by molar-refractivity contribution is 6.07. The van der Waals surface area contributed by atoms with Crippen LogP contribution in [0.2, 0.25) is 0 Å². The number of benzene rings is 1. The lowest BCUT2D eigenvalue weighted by atomic mass is 10.00. The Kier molecular flexibility index (Phi) is 5.84. The average molecular weight is 450 g/mol. The van der Waals surface area contributed by atoms with Gasteiger partial charge in [0.25, 0.3) is 11.6 Å². The number of ether oxygens (including phenoxy) is 2. The van der Waals surface area contributed by atoms with Crippen LogP contribution in [0.15, 0.2) is 33.2 Å². The smallest absolute Gasteiger partial charge is 0.259 e. The number of nitrogens with zero attached hydrogens (tertiary/aromatic N) is 2. The second kappa shape index (κ2) is 8.61. The Labute approximate surface area is 191 Å². The second-order valence-electron chi connectivity index (χ2n) is 8.09. The van der Waals surface area contributed by atoms with Crippen LogP contribution in [0.3, 0.4) is 0 Å². The number of methoxy groups -OCH3 is 2. The maximum Gasteiger partial charge on any atom is 0.259 e. The molecule has 0 saturated heterocycles. The Morgan fingerprint density at radius 3 is 2.36 bits per heavy atom. The summed E-state index contributed by atoms with van der Waals surface area (Å²) >= 11 is 0. The van der Waals surface area contributed by atoms with E-state index in [1.165, 1.54) is 0 Å². The maximum absolute atomic E-state index is 13.5. The summed E-state index contributed by atoms with van der Waals surface area (Å²) in [5.74, 6) is 2.48. The molecule has 172 valence electrons. The molecule has 0 radical (unpaired) electrons. The van der Waals surface area contributed by atoms with Gasteiger partial charge in [-0.3, -0.25) is 4.79 Å². The Hall–Kier alpha value is -3.81. The van der Waals surface area contributed by atoms with Crippen LogP contribution in [0.1, 0.15) is 51.7 Å². The summed E-state index contributed by atoms with van der Waals surface area (Å²) in [6, 6.07) is 7.14. The van der Waals surface area contributed by atoms with Crippen LogP contribution in [0.25, 0.3) is 22.4 Å². The van der Waals surface area contributed by atoms with E-state index in [0.717, 1.165) is 28.2 Å². The minimum absolute atomic E-state index is 0.255. The molecule has 3 heterocycles. The summed E-state index contributed by atoms with van der Waals surface area (Å²) in [6.07, 6.45) is 0. The van der Waals surface area contributed by atoms with E-state index in [-0.39, 0.29) is 11.9 Å². The third-order valence-corrected chi connectivity index (χ3v) is 5.76. The molecule has 0 saturated carbocycles. The van der Waals surface area contributed by atoms with E-state index in [2.05, 4.69) is 15.5 Å². The van der Waals surface area contributed by atoms with Gasteiger partial charge in [-0.2, -0.15) is 0 Å².